The monoisotopic (exact) mass is 334 g/mol. The number of hydrogen-bond donors (Lipinski definition) is 2. The minimum Gasteiger partial charge on any atom is -0.393 e. The van der Waals surface area contributed by atoms with E-state index < -0.39 is 0 Å². The molecule has 2 heterocycles. The summed E-state index contributed by atoms with van der Waals surface area (Å²) in [5.74, 6) is 0.735. The number of aliphatic hydroxyl groups is 1. The number of likely N-dealkylation sites (tertiary alicyclic amines) is 1. The molecule has 2 N–H and O–H groups in total. The number of carbonyl (C=O) groups is 1. The third-order valence-corrected chi connectivity index (χ3v) is 4.87. The molecule has 0 aliphatic carbocycles. The first-order valence-electron chi connectivity index (χ1n) is 9.00. The SMILES string of the molecule is CC(C)C[C@@H](O)C1CCN(C(=O)c2ccc(C(C)C)[nH]c2=O)CC1. The fraction of sp³-hybridized carbons (Fsp3) is 0.684. The number of carbonyl (C=O) groups excluding carboxylic acids is 1. The van der Waals surface area contributed by atoms with Gasteiger partial charge in [-0.2, -0.15) is 0 Å². The molecule has 1 aromatic heterocycles. The number of amides is 1. The quantitative estimate of drug-likeness (QED) is 0.869. The molecule has 1 aliphatic rings. The molecule has 0 radical (unpaired) electrons. The first-order valence-corrected chi connectivity index (χ1v) is 9.00. The zero-order chi connectivity index (χ0) is 17.9. The van der Waals surface area contributed by atoms with Crippen molar-refractivity contribution in [1.29, 1.82) is 0 Å². The maximum atomic E-state index is 12.6. The van der Waals surface area contributed by atoms with E-state index in [-0.39, 0.29) is 35.0 Å². The summed E-state index contributed by atoms with van der Waals surface area (Å²) < 4.78 is 0. The predicted molar refractivity (Wildman–Crippen MR) is 95.2 cm³/mol. The highest BCUT2D eigenvalue weighted by Gasteiger charge is 2.29. The first kappa shape index (κ1) is 18.7. The van der Waals surface area contributed by atoms with E-state index in [0.717, 1.165) is 25.0 Å². The fourth-order valence-electron chi connectivity index (χ4n) is 3.33. The van der Waals surface area contributed by atoms with Crippen LogP contribution in [0.4, 0.5) is 0 Å². The highest BCUT2D eigenvalue weighted by Crippen LogP contribution is 2.25. The molecule has 0 bridgehead atoms. The average molecular weight is 334 g/mol. The summed E-state index contributed by atoms with van der Waals surface area (Å²) in [5.41, 5.74) is 0.737. The van der Waals surface area contributed by atoms with Crippen molar-refractivity contribution in [2.75, 3.05) is 13.1 Å². The van der Waals surface area contributed by atoms with Crippen molar-refractivity contribution in [2.24, 2.45) is 11.8 Å². The largest absolute Gasteiger partial charge is 0.393 e. The minimum atomic E-state index is -0.312. The van der Waals surface area contributed by atoms with Crippen LogP contribution >= 0.6 is 0 Å². The summed E-state index contributed by atoms with van der Waals surface area (Å²) in [4.78, 5) is 29.3. The maximum absolute atomic E-state index is 12.6. The summed E-state index contributed by atoms with van der Waals surface area (Å²) in [6, 6.07) is 3.45. The average Bonchev–Trinajstić information content (AvgIpc) is 2.53. The van der Waals surface area contributed by atoms with Crippen LogP contribution in [0.2, 0.25) is 0 Å². The summed E-state index contributed by atoms with van der Waals surface area (Å²) in [6.07, 6.45) is 2.09. The van der Waals surface area contributed by atoms with Crippen molar-refractivity contribution in [2.45, 2.75) is 59.0 Å². The van der Waals surface area contributed by atoms with E-state index in [1.807, 2.05) is 19.9 Å². The Labute approximate surface area is 144 Å². The van der Waals surface area contributed by atoms with Crippen LogP contribution in [0.15, 0.2) is 16.9 Å². The zero-order valence-corrected chi connectivity index (χ0v) is 15.2. The van der Waals surface area contributed by atoms with Crippen LogP contribution in [0.5, 0.6) is 0 Å². The van der Waals surface area contributed by atoms with Crippen LogP contribution in [0, 0.1) is 11.8 Å². The highest BCUT2D eigenvalue weighted by molar-refractivity contribution is 5.93. The second kappa shape index (κ2) is 7.97. The Morgan fingerprint density at radius 2 is 1.88 bits per heavy atom. The summed E-state index contributed by atoms with van der Waals surface area (Å²) in [6.45, 7) is 9.41. The molecule has 0 unspecified atom stereocenters. The van der Waals surface area contributed by atoms with Crippen LogP contribution < -0.4 is 5.56 Å². The third-order valence-electron chi connectivity index (χ3n) is 4.87. The molecule has 1 saturated heterocycles. The molecular weight excluding hydrogens is 304 g/mol. The van der Waals surface area contributed by atoms with Crippen molar-refractivity contribution < 1.29 is 9.90 Å². The Kier molecular flexibility index (Phi) is 6.21. The van der Waals surface area contributed by atoms with Crippen LogP contribution in [0.1, 0.15) is 68.9 Å². The lowest BCUT2D eigenvalue weighted by Crippen LogP contribution is -2.43. The standard InChI is InChI=1S/C19H30N2O3/c1-12(2)11-17(22)14-7-9-21(10-8-14)19(24)15-5-6-16(13(3)4)20-18(15)23/h5-6,12-14,17,22H,7-11H2,1-4H3,(H,20,23)/t17-/m1/s1. The van der Waals surface area contributed by atoms with Crippen LogP contribution in [-0.2, 0) is 0 Å². The molecule has 1 aromatic rings. The zero-order valence-electron chi connectivity index (χ0n) is 15.2. The van der Waals surface area contributed by atoms with Crippen LogP contribution in [-0.4, -0.2) is 40.1 Å². The van der Waals surface area contributed by atoms with Gasteiger partial charge in [-0.05, 0) is 49.1 Å². The fourth-order valence-corrected chi connectivity index (χ4v) is 3.33. The van der Waals surface area contributed by atoms with Gasteiger partial charge in [-0.25, -0.2) is 0 Å². The van der Waals surface area contributed by atoms with Crippen molar-refractivity contribution in [3.05, 3.63) is 33.7 Å². The Hall–Kier alpha value is -1.62. The molecule has 134 valence electrons. The predicted octanol–water partition coefficient (Wildman–Crippen LogP) is 2.76. The Bertz CT molecular complexity index is 613. The number of nitrogens with one attached hydrogen (secondary N) is 1. The van der Waals surface area contributed by atoms with Gasteiger partial charge in [0.2, 0.25) is 0 Å². The van der Waals surface area contributed by atoms with Gasteiger partial charge >= 0.3 is 0 Å². The van der Waals surface area contributed by atoms with E-state index >= 15 is 0 Å². The Morgan fingerprint density at radius 3 is 2.38 bits per heavy atom. The van der Waals surface area contributed by atoms with Crippen molar-refractivity contribution in [3.8, 4) is 0 Å². The molecule has 0 spiro atoms. The molecule has 24 heavy (non-hydrogen) atoms. The number of aliphatic hydroxyl groups excluding tert-OH is 1. The van der Waals surface area contributed by atoms with Gasteiger partial charge in [-0.3, -0.25) is 9.59 Å². The third kappa shape index (κ3) is 4.47. The molecule has 5 heteroatoms. The lowest BCUT2D eigenvalue weighted by molar-refractivity contribution is 0.0384. The van der Waals surface area contributed by atoms with Gasteiger partial charge < -0.3 is 15.0 Å². The van der Waals surface area contributed by atoms with Gasteiger partial charge in [-0.15, -0.1) is 0 Å². The molecule has 0 saturated carbocycles. The second-order valence-corrected chi connectivity index (χ2v) is 7.64. The number of aromatic nitrogens is 1. The van der Waals surface area contributed by atoms with Crippen molar-refractivity contribution in [3.63, 3.8) is 0 Å². The molecule has 2 rings (SSSR count). The molecule has 1 amide bonds. The second-order valence-electron chi connectivity index (χ2n) is 7.64. The minimum absolute atomic E-state index is 0.205. The molecule has 1 atom stereocenters. The van der Waals surface area contributed by atoms with E-state index in [1.165, 1.54) is 0 Å². The number of hydrogen-bond acceptors (Lipinski definition) is 3. The lowest BCUT2D eigenvalue weighted by atomic mass is 9.87. The highest BCUT2D eigenvalue weighted by atomic mass is 16.3. The van der Waals surface area contributed by atoms with Crippen LogP contribution in [0.3, 0.4) is 0 Å². The van der Waals surface area contributed by atoms with Gasteiger partial charge in [-0.1, -0.05) is 27.7 Å². The number of rotatable bonds is 5. The summed E-state index contributed by atoms with van der Waals surface area (Å²) in [5, 5.41) is 10.3. The van der Waals surface area contributed by atoms with E-state index in [2.05, 4.69) is 18.8 Å². The number of pyridine rings is 1. The van der Waals surface area contributed by atoms with E-state index in [0.29, 0.717) is 19.0 Å². The van der Waals surface area contributed by atoms with Crippen LogP contribution in [0.25, 0.3) is 0 Å². The normalized spacial score (nSPS) is 17.5. The molecule has 5 nitrogen and oxygen atoms in total. The van der Waals surface area contributed by atoms with E-state index in [4.69, 9.17) is 0 Å². The number of nitrogens with zero attached hydrogens (tertiary/aromatic N) is 1. The molecular formula is C19H30N2O3. The lowest BCUT2D eigenvalue weighted by Gasteiger charge is -2.34. The Morgan fingerprint density at radius 1 is 1.25 bits per heavy atom. The molecule has 1 aliphatic heterocycles. The van der Waals surface area contributed by atoms with Gasteiger partial charge in [0.1, 0.15) is 5.56 Å². The number of H-pyrrole nitrogens is 1. The summed E-state index contributed by atoms with van der Waals surface area (Å²) in [7, 11) is 0. The Balaban J connectivity index is 1.99. The number of piperidine rings is 1. The van der Waals surface area contributed by atoms with Gasteiger partial charge in [0.25, 0.3) is 11.5 Å². The topological polar surface area (TPSA) is 73.4 Å². The molecule has 0 aromatic carbocycles. The van der Waals surface area contributed by atoms with Crippen molar-refractivity contribution in [1.82, 2.24) is 9.88 Å². The van der Waals surface area contributed by atoms with Gasteiger partial charge in [0, 0.05) is 18.8 Å². The van der Waals surface area contributed by atoms with E-state index in [1.54, 1.807) is 11.0 Å². The van der Waals surface area contributed by atoms with E-state index in [9.17, 15) is 14.7 Å². The maximum Gasteiger partial charge on any atom is 0.261 e. The first-order chi connectivity index (χ1) is 11.3. The summed E-state index contributed by atoms with van der Waals surface area (Å²) >= 11 is 0. The molecule has 1 fully saturated rings. The van der Waals surface area contributed by atoms with Gasteiger partial charge in [0.05, 0.1) is 6.10 Å². The smallest absolute Gasteiger partial charge is 0.261 e. The van der Waals surface area contributed by atoms with Gasteiger partial charge in [0.15, 0.2) is 0 Å². The number of aromatic amines is 1. The van der Waals surface area contributed by atoms with Crippen molar-refractivity contribution >= 4 is 5.91 Å².